The van der Waals surface area contributed by atoms with Crippen molar-refractivity contribution in [3.05, 3.63) is 28.5 Å². The first-order valence-corrected chi connectivity index (χ1v) is 3.71. The monoisotopic (exact) mass is 186 g/mol. The number of halogens is 2. The predicted molar refractivity (Wildman–Crippen MR) is 41.2 cm³/mol. The summed E-state index contributed by atoms with van der Waals surface area (Å²) < 4.78 is 17.7. The summed E-state index contributed by atoms with van der Waals surface area (Å²) in [6.45, 7) is -0.0431. The molecule has 0 N–H and O–H groups in total. The Kier molecular flexibility index (Phi) is 1.54. The SMILES string of the molecule is O=C1COc2c(Cl)cc(F)cc21. The van der Waals surface area contributed by atoms with Crippen LogP contribution >= 0.6 is 11.6 Å². The summed E-state index contributed by atoms with van der Waals surface area (Å²) >= 11 is 5.62. The van der Waals surface area contributed by atoms with Crippen LogP contribution in [0.2, 0.25) is 5.02 Å². The average Bonchev–Trinajstić information content (AvgIpc) is 2.33. The molecule has 2 nitrogen and oxygen atoms in total. The number of hydrogen-bond acceptors (Lipinski definition) is 2. The molecule has 4 heteroatoms. The lowest BCUT2D eigenvalue weighted by atomic mass is 10.1. The molecule has 12 heavy (non-hydrogen) atoms. The Morgan fingerprint density at radius 3 is 3.00 bits per heavy atom. The molecule has 1 heterocycles. The van der Waals surface area contributed by atoms with Crippen molar-refractivity contribution in [2.24, 2.45) is 0 Å². The predicted octanol–water partition coefficient (Wildman–Crippen LogP) is 2.05. The van der Waals surface area contributed by atoms with E-state index in [1.165, 1.54) is 0 Å². The zero-order chi connectivity index (χ0) is 8.72. The van der Waals surface area contributed by atoms with Gasteiger partial charge in [0.25, 0.3) is 0 Å². The minimum atomic E-state index is -0.516. The molecule has 0 atom stereocenters. The number of carbonyl (C=O) groups is 1. The maximum absolute atomic E-state index is 12.7. The van der Waals surface area contributed by atoms with Crippen LogP contribution in [-0.4, -0.2) is 12.4 Å². The van der Waals surface area contributed by atoms with Gasteiger partial charge in [0, 0.05) is 0 Å². The van der Waals surface area contributed by atoms with E-state index in [9.17, 15) is 9.18 Å². The van der Waals surface area contributed by atoms with Gasteiger partial charge in [0.1, 0.15) is 11.6 Å². The highest BCUT2D eigenvalue weighted by Gasteiger charge is 2.24. The number of benzene rings is 1. The molecule has 0 spiro atoms. The number of rotatable bonds is 0. The minimum absolute atomic E-state index is 0.0431. The molecule has 0 saturated heterocycles. The van der Waals surface area contributed by atoms with Crippen molar-refractivity contribution in [3.8, 4) is 5.75 Å². The molecule has 0 bridgehead atoms. The van der Waals surface area contributed by atoms with Gasteiger partial charge in [-0.3, -0.25) is 4.79 Å². The van der Waals surface area contributed by atoms with E-state index in [1.807, 2.05) is 0 Å². The fourth-order valence-electron chi connectivity index (χ4n) is 1.13. The van der Waals surface area contributed by atoms with Gasteiger partial charge >= 0.3 is 0 Å². The van der Waals surface area contributed by atoms with Crippen molar-refractivity contribution in [3.63, 3.8) is 0 Å². The zero-order valence-electron chi connectivity index (χ0n) is 5.93. The minimum Gasteiger partial charge on any atom is -0.483 e. The third-order valence-corrected chi connectivity index (χ3v) is 1.94. The molecule has 1 aliphatic heterocycles. The standard InChI is InChI=1S/C8H4ClFO2/c9-6-2-4(10)1-5-7(11)3-12-8(5)6/h1-2H,3H2. The fourth-order valence-corrected chi connectivity index (χ4v) is 1.39. The van der Waals surface area contributed by atoms with Gasteiger partial charge in [-0.2, -0.15) is 0 Å². The van der Waals surface area contributed by atoms with Crippen molar-refractivity contribution in [1.82, 2.24) is 0 Å². The van der Waals surface area contributed by atoms with Gasteiger partial charge in [-0.15, -0.1) is 0 Å². The lowest BCUT2D eigenvalue weighted by Crippen LogP contribution is -1.98. The first kappa shape index (κ1) is 7.55. The van der Waals surface area contributed by atoms with E-state index < -0.39 is 5.82 Å². The molecule has 0 amide bonds. The zero-order valence-corrected chi connectivity index (χ0v) is 6.69. The second-order valence-electron chi connectivity index (χ2n) is 2.48. The van der Waals surface area contributed by atoms with Crippen LogP contribution in [0.4, 0.5) is 4.39 Å². The molecule has 62 valence electrons. The van der Waals surface area contributed by atoms with Crippen LogP contribution in [0.1, 0.15) is 10.4 Å². The Bertz CT molecular complexity index is 362. The van der Waals surface area contributed by atoms with Crippen molar-refractivity contribution in [2.75, 3.05) is 6.61 Å². The van der Waals surface area contributed by atoms with Crippen molar-refractivity contribution in [1.29, 1.82) is 0 Å². The van der Waals surface area contributed by atoms with E-state index in [4.69, 9.17) is 16.3 Å². The van der Waals surface area contributed by atoms with E-state index in [0.717, 1.165) is 12.1 Å². The maximum atomic E-state index is 12.7. The van der Waals surface area contributed by atoms with E-state index in [-0.39, 0.29) is 23.0 Å². The van der Waals surface area contributed by atoms with Crippen LogP contribution in [0.15, 0.2) is 12.1 Å². The second kappa shape index (κ2) is 2.45. The summed E-state index contributed by atoms with van der Waals surface area (Å²) in [4.78, 5) is 11.0. The number of Topliss-reactive ketones (excluding diaryl/α,β-unsaturated/α-hetero) is 1. The Morgan fingerprint density at radius 1 is 1.50 bits per heavy atom. The average molecular weight is 187 g/mol. The lowest BCUT2D eigenvalue weighted by molar-refractivity contribution is 0.0961. The van der Waals surface area contributed by atoms with Crippen LogP contribution in [0.25, 0.3) is 0 Å². The largest absolute Gasteiger partial charge is 0.483 e. The Balaban J connectivity index is 2.68. The van der Waals surface area contributed by atoms with Gasteiger partial charge in [-0.05, 0) is 12.1 Å². The summed E-state index contributed by atoms with van der Waals surface area (Å²) in [6, 6.07) is 2.26. The van der Waals surface area contributed by atoms with E-state index in [2.05, 4.69) is 0 Å². The molecule has 0 fully saturated rings. The van der Waals surface area contributed by atoms with Crippen LogP contribution in [0.3, 0.4) is 0 Å². The lowest BCUT2D eigenvalue weighted by Gasteiger charge is -1.99. The van der Waals surface area contributed by atoms with E-state index >= 15 is 0 Å². The maximum Gasteiger partial charge on any atom is 0.204 e. The molecule has 1 aromatic rings. The Labute approximate surface area is 72.9 Å². The Morgan fingerprint density at radius 2 is 2.25 bits per heavy atom. The number of carbonyl (C=O) groups excluding carboxylic acids is 1. The molecule has 0 radical (unpaired) electrons. The van der Waals surface area contributed by atoms with Gasteiger partial charge < -0.3 is 4.74 Å². The first-order valence-electron chi connectivity index (χ1n) is 3.33. The third kappa shape index (κ3) is 0.975. The van der Waals surface area contributed by atoms with Gasteiger partial charge in [-0.1, -0.05) is 11.6 Å². The van der Waals surface area contributed by atoms with E-state index in [0.29, 0.717) is 5.75 Å². The molecular formula is C8H4ClFO2. The molecule has 2 rings (SSSR count). The quantitative estimate of drug-likeness (QED) is 0.620. The molecular weight excluding hydrogens is 183 g/mol. The highest BCUT2D eigenvalue weighted by molar-refractivity contribution is 6.33. The topological polar surface area (TPSA) is 26.3 Å². The molecule has 1 aliphatic rings. The summed E-state index contributed by atoms with van der Waals surface area (Å²) in [7, 11) is 0. The van der Waals surface area contributed by atoms with E-state index in [1.54, 1.807) is 0 Å². The molecule has 0 aliphatic carbocycles. The molecule has 0 unspecified atom stereocenters. The molecule has 1 aromatic carbocycles. The van der Waals surface area contributed by atoms with Crippen LogP contribution in [0.5, 0.6) is 5.75 Å². The number of fused-ring (bicyclic) bond motifs is 1. The fraction of sp³-hybridized carbons (Fsp3) is 0.125. The Hall–Kier alpha value is -1.09. The molecule has 0 aromatic heterocycles. The van der Waals surface area contributed by atoms with Gasteiger partial charge in [0.05, 0.1) is 10.6 Å². The van der Waals surface area contributed by atoms with Gasteiger partial charge in [0.2, 0.25) is 5.78 Å². The number of ketones is 1. The van der Waals surface area contributed by atoms with Crippen molar-refractivity contribution in [2.45, 2.75) is 0 Å². The third-order valence-electron chi connectivity index (χ3n) is 1.66. The first-order chi connectivity index (χ1) is 5.68. The smallest absolute Gasteiger partial charge is 0.204 e. The second-order valence-corrected chi connectivity index (χ2v) is 2.88. The van der Waals surface area contributed by atoms with Crippen molar-refractivity contribution < 1.29 is 13.9 Å². The van der Waals surface area contributed by atoms with Crippen LogP contribution < -0.4 is 4.74 Å². The van der Waals surface area contributed by atoms with Gasteiger partial charge in [-0.25, -0.2) is 4.39 Å². The normalized spacial score (nSPS) is 14.3. The number of ether oxygens (including phenoxy) is 1. The highest BCUT2D eigenvalue weighted by atomic mass is 35.5. The summed E-state index contributed by atoms with van der Waals surface area (Å²) in [5.41, 5.74) is 0.236. The summed E-state index contributed by atoms with van der Waals surface area (Å²) in [6.07, 6.45) is 0. The summed E-state index contributed by atoms with van der Waals surface area (Å²) in [5, 5.41) is 0.149. The highest BCUT2D eigenvalue weighted by Crippen LogP contribution is 2.33. The van der Waals surface area contributed by atoms with Crippen LogP contribution in [-0.2, 0) is 0 Å². The summed E-state index contributed by atoms with van der Waals surface area (Å²) in [5.74, 6) is -0.452. The van der Waals surface area contributed by atoms with Crippen LogP contribution in [0, 0.1) is 5.82 Å². The number of hydrogen-bond donors (Lipinski definition) is 0. The van der Waals surface area contributed by atoms with Gasteiger partial charge in [0.15, 0.2) is 6.61 Å². The molecule has 0 saturated carbocycles. The van der Waals surface area contributed by atoms with Crippen molar-refractivity contribution >= 4 is 17.4 Å².